The van der Waals surface area contributed by atoms with E-state index in [1.165, 1.54) is 6.92 Å². The van der Waals surface area contributed by atoms with E-state index in [0.29, 0.717) is 5.56 Å². The van der Waals surface area contributed by atoms with E-state index in [1.54, 1.807) is 30.3 Å². The van der Waals surface area contributed by atoms with Crippen LogP contribution in [0.15, 0.2) is 30.3 Å². The van der Waals surface area contributed by atoms with E-state index in [9.17, 15) is 24.3 Å². The molecule has 1 aliphatic rings. The van der Waals surface area contributed by atoms with E-state index >= 15 is 0 Å². The summed E-state index contributed by atoms with van der Waals surface area (Å²) in [6, 6.07) is 6.91. The van der Waals surface area contributed by atoms with Crippen molar-refractivity contribution in [2.75, 3.05) is 6.61 Å². The highest BCUT2D eigenvalue weighted by atomic mass is 16.7. The van der Waals surface area contributed by atoms with Crippen LogP contribution in [0.3, 0.4) is 0 Å². The van der Waals surface area contributed by atoms with Crippen LogP contribution in [-0.2, 0) is 33.3 Å². The van der Waals surface area contributed by atoms with E-state index in [4.69, 9.17) is 18.9 Å². The molecule has 158 valence electrons. The van der Waals surface area contributed by atoms with Gasteiger partial charge < -0.3 is 29.4 Å². The number of aliphatic hydroxyl groups is 1. The van der Waals surface area contributed by atoms with Crippen molar-refractivity contribution in [3.05, 3.63) is 35.9 Å². The lowest BCUT2D eigenvalue weighted by molar-refractivity contribution is -0.263. The average molecular weight is 409 g/mol. The highest BCUT2D eigenvalue weighted by Gasteiger charge is 2.50. The topological polar surface area (TPSA) is 137 Å². The van der Waals surface area contributed by atoms with Crippen molar-refractivity contribution in [2.45, 2.75) is 51.4 Å². The Bertz CT molecular complexity index is 751. The van der Waals surface area contributed by atoms with E-state index in [2.05, 4.69) is 5.32 Å². The van der Waals surface area contributed by atoms with E-state index in [0.717, 1.165) is 13.8 Å². The fourth-order valence-electron chi connectivity index (χ4n) is 2.90. The number of carbonyl (C=O) groups excluding carboxylic acids is 4. The van der Waals surface area contributed by atoms with Gasteiger partial charge in [0.2, 0.25) is 0 Å². The van der Waals surface area contributed by atoms with Gasteiger partial charge in [-0.3, -0.25) is 19.2 Å². The number of hydrogen-bond acceptors (Lipinski definition) is 9. The maximum absolute atomic E-state index is 12.5. The zero-order valence-corrected chi connectivity index (χ0v) is 16.2. The average Bonchev–Trinajstić information content (AvgIpc) is 2.65. The number of esters is 3. The Hall–Kier alpha value is -2.98. The summed E-state index contributed by atoms with van der Waals surface area (Å²) in [5.74, 6) is -2.62. The minimum absolute atomic E-state index is 0.298. The molecule has 1 aromatic rings. The van der Waals surface area contributed by atoms with Gasteiger partial charge >= 0.3 is 17.9 Å². The first kappa shape index (κ1) is 22.3. The van der Waals surface area contributed by atoms with Gasteiger partial charge in [0.15, 0.2) is 18.5 Å². The Morgan fingerprint density at radius 1 is 0.966 bits per heavy atom. The third-order valence-corrected chi connectivity index (χ3v) is 4.05. The van der Waals surface area contributed by atoms with Gasteiger partial charge in [-0.25, -0.2) is 0 Å². The van der Waals surface area contributed by atoms with Gasteiger partial charge in [0.05, 0.1) is 0 Å². The molecule has 1 fully saturated rings. The molecule has 0 aliphatic carbocycles. The van der Waals surface area contributed by atoms with Crippen molar-refractivity contribution in [3.8, 4) is 0 Å². The molecule has 1 amide bonds. The van der Waals surface area contributed by atoms with Crippen molar-refractivity contribution in [1.82, 2.24) is 5.32 Å². The molecule has 5 atom stereocenters. The molecular weight excluding hydrogens is 386 g/mol. The summed E-state index contributed by atoms with van der Waals surface area (Å²) in [6.07, 6.45) is -5.26. The summed E-state index contributed by atoms with van der Waals surface area (Å²) >= 11 is 0. The van der Waals surface area contributed by atoms with Gasteiger partial charge in [0.1, 0.15) is 18.8 Å². The van der Waals surface area contributed by atoms with Crippen LogP contribution in [0.25, 0.3) is 0 Å². The molecule has 1 aromatic carbocycles. The molecule has 29 heavy (non-hydrogen) atoms. The van der Waals surface area contributed by atoms with Crippen LogP contribution >= 0.6 is 0 Å². The van der Waals surface area contributed by atoms with Crippen LogP contribution in [0.5, 0.6) is 0 Å². The molecular formula is C19H23NO9. The Kier molecular flexibility index (Phi) is 7.68. The molecule has 0 radical (unpaired) electrons. The number of amides is 1. The molecule has 0 spiro atoms. The molecule has 1 aliphatic heterocycles. The smallest absolute Gasteiger partial charge is 0.303 e. The Morgan fingerprint density at radius 3 is 2.10 bits per heavy atom. The van der Waals surface area contributed by atoms with E-state index < -0.39 is 54.5 Å². The van der Waals surface area contributed by atoms with E-state index in [1.807, 2.05) is 0 Å². The monoisotopic (exact) mass is 409 g/mol. The van der Waals surface area contributed by atoms with Gasteiger partial charge in [0, 0.05) is 26.3 Å². The summed E-state index contributed by atoms with van der Waals surface area (Å²) in [6.45, 7) is 3.08. The molecule has 2 N–H and O–H groups in total. The van der Waals surface area contributed by atoms with Crippen molar-refractivity contribution in [2.24, 2.45) is 0 Å². The van der Waals surface area contributed by atoms with E-state index in [-0.39, 0.29) is 6.61 Å². The van der Waals surface area contributed by atoms with Crippen LogP contribution in [0, 0.1) is 0 Å². The van der Waals surface area contributed by atoms with Gasteiger partial charge in [0.25, 0.3) is 5.91 Å². The summed E-state index contributed by atoms with van der Waals surface area (Å²) in [5, 5.41) is 13.0. The lowest BCUT2D eigenvalue weighted by Gasteiger charge is -2.43. The molecule has 2 rings (SSSR count). The number of hydrogen-bond donors (Lipinski definition) is 2. The second-order valence-electron chi connectivity index (χ2n) is 6.38. The first-order chi connectivity index (χ1) is 13.7. The van der Waals surface area contributed by atoms with Gasteiger partial charge in [-0.05, 0) is 12.1 Å². The molecule has 1 heterocycles. The third kappa shape index (κ3) is 6.26. The zero-order valence-electron chi connectivity index (χ0n) is 16.2. The molecule has 10 nitrogen and oxygen atoms in total. The fourth-order valence-corrected chi connectivity index (χ4v) is 2.90. The van der Waals surface area contributed by atoms with Crippen molar-refractivity contribution in [3.63, 3.8) is 0 Å². The quantitative estimate of drug-likeness (QED) is 0.488. The molecule has 1 saturated heterocycles. The summed E-state index contributed by atoms with van der Waals surface area (Å²) in [5.41, 5.74) is 0.298. The summed E-state index contributed by atoms with van der Waals surface area (Å²) in [7, 11) is 0. The predicted octanol–water partition coefficient (Wildman–Crippen LogP) is -0.0713. The highest BCUT2D eigenvalue weighted by molar-refractivity contribution is 5.94. The maximum atomic E-state index is 12.5. The van der Waals surface area contributed by atoms with Gasteiger partial charge in [-0.2, -0.15) is 0 Å². The lowest BCUT2D eigenvalue weighted by atomic mass is 9.96. The number of benzene rings is 1. The second kappa shape index (κ2) is 9.99. The first-order valence-electron chi connectivity index (χ1n) is 8.86. The van der Waals surface area contributed by atoms with Crippen molar-refractivity contribution >= 4 is 23.8 Å². The van der Waals surface area contributed by atoms with Crippen molar-refractivity contribution in [1.29, 1.82) is 0 Å². The molecule has 0 saturated carbocycles. The van der Waals surface area contributed by atoms with Crippen LogP contribution in [-0.4, -0.2) is 66.2 Å². The molecule has 0 aromatic heterocycles. The van der Waals surface area contributed by atoms with Crippen LogP contribution in [0.4, 0.5) is 0 Å². The fraction of sp³-hybridized carbons (Fsp3) is 0.474. The number of aliphatic hydroxyl groups excluding tert-OH is 1. The Balaban J connectivity index is 2.30. The minimum Gasteiger partial charge on any atom is -0.463 e. The third-order valence-electron chi connectivity index (χ3n) is 4.05. The van der Waals surface area contributed by atoms with Gasteiger partial charge in [-0.15, -0.1) is 0 Å². The first-order valence-corrected chi connectivity index (χ1v) is 8.86. The second-order valence-corrected chi connectivity index (χ2v) is 6.38. The largest absolute Gasteiger partial charge is 0.463 e. The Morgan fingerprint density at radius 2 is 1.55 bits per heavy atom. The normalized spacial score (nSPS) is 26.1. The van der Waals surface area contributed by atoms with Crippen LogP contribution < -0.4 is 5.32 Å². The maximum Gasteiger partial charge on any atom is 0.303 e. The zero-order chi connectivity index (χ0) is 21.6. The molecule has 0 bridgehead atoms. The Labute approximate surface area is 167 Å². The lowest BCUT2D eigenvalue weighted by Crippen LogP contribution is -2.66. The predicted molar refractivity (Wildman–Crippen MR) is 96.3 cm³/mol. The van der Waals surface area contributed by atoms with Gasteiger partial charge in [-0.1, -0.05) is 18.2 Å². The van der Waals surface area contributed by atoms with Crippen LogP contribution in [0.1, 0.15) is 31.1 Å². The SMILES string of the molecule is CC(=O)OC[C@H]1O[C@@H](O)[C@@H](NC(=O)c2ccccc2)[C@@H](OC(C)=O)[C@H]1OC(C)=O. The number of ether oxygens (including phenoxy) is 4. The summed E-state index contributed by atoms with van der Waals surface area (Å²) < 4.78 is 20.8. The molecule has 10 heteroatoms. The molecule has 0 unspecified atom stereocenters. The number of nitrogens with one attached hydrogen (secondary N) is 1. The minimum atomic E-state index is -1.63. The standard InChI is InChI=1S/C19H23NO9/c1-10(21)26-9-14-16(27-11(2)22)17(28-12(3)23)15(19(25)29-14)20-18(24)13-7-5-4-6-8-13/h4-8,14-17,19,25H,9H2,1-3H3,(H,20,24)/t14-,15+,16+,17-,19-/m1/s1. The number of carbonyl (C=O) groups is 4. The number of rotatable bonds is 6. The highest BCUT2D eigenvalue weighted by Crippen LogP contribution is 2.26. The summed E-state index contributed by atoms with van der Waals surface area (Å²) in [4.78, 5) is 46.9. The van der Waals surface area contributed by atoms with Crippen LogP contribution in [0.2, 0.25) is 0 Å². The van der Waals surface area contributed by atoms with Crippen molar-refractivity contribution < 1.29 is 43.2 Å².